The van der Waals surface area contributed by atoms with E-state index in [1.54, 1.807) is 0 Å². The molecule has 2 aliphatic heterocycles. The van der Waals surface area contributed by atoms with Gasteiger partial charge in [-0.3, -0.25) is 4.79 Å². The lowest BCUT2D eigenvalue weighted by Crippen LogP contribution is -2.66. The van der Waals surface area contributed by atoms with E-state index in [4.69, 9.17) is 0 Å². The van der Waals surface area contributed by atoms with Crippen molar-refractivity contribution in [1.82, 2.24) is 10.2 Å². The normalized spacial score (nSPS) is 35.4. The number of amides is 1. The molecule has 3 fully saturated rings. The molecule has 1 amide bonds. The van der Waals surface area contributed by atoms with Crippen LogP contribution in [0.1, 0.15) is 38.5 Å². The second-order valence-electron chi connectivity index (χ2n) is 5.65. The first-order valence-corrected chi connectivity index (χ1v) is 6.87. The van der Waals surface area contributed by atoms with Gasteiger partial charge in [0.1, 0.15) is 0 Å². The average molecular weight is 222 g/mol. The Balaban J connectivity index is 1.58. The Hall–Kier alpha value is -0.570. The SMILES string of the molecule is O=C(C1CCCCC1)N1C[C@@H]2CCNC[C@@H]21. The third kappa shape index (κ3) is 1.75. The Labute approximate surface area is 97.6 Å². The number of carbonyl (C=O) groups excluding carboxylic acids is 1. The summed E-state index contributed by atoms with van der Waals surface area (Å²) in [5.74, 6) is 1.62. The van der Waals surface area contributed by atoms with Crippen LogP contribution >= 0.6 is 0 Å². The lowest BCUT2D eigenvalue weighted by molar-refractivity contribution is -0.150. The van der Waals surface area contributed by atoms with Gasteiger partial charge in [0.05, 0.1) is 0 Å². The lowest BCUT2D eigenvalue weighted by Gasteiger charge is -2.52. The molecule has 0 unspecified atom stereocenters. The van der Waals surface area contributed by atoms with E-state index >= 15 is 0 Å². The second kappa shape index (κ2) is 4.36. The summed E-state index contributed by atoms with van der Waals surface area (Å²) in [4.78, 5) is 14.5. The topological polar surface area (TPSA) is 32.3 Å². The highest BCUT2D eigenvalue weighted by molar-refractivity contribution is 5.80. The zero-order valence-electron chi connectivity index (χ0n) is 9.95. The predicted molar refractivity (Wildman–Crippen MR) is 63.1 cm³/mol. The number of likely N-dealkylation sites (tertiary alicyclic amines) is 1. The maximum Gasteiger partial charge on any atom is 0.225 e. The van der Waals surface area contributed by atoms with E-state index in [1.807, 2.05) is 0 Å². The Morgan fingerprint density at radius 1 is 1.12 bits per heavy atom. The van der Waals surface area contributed by atoms with Gasteiger partial charge < -0.3 is 10.2 Å². The summed E-state index contributed by atoms with van der Waals surface area (Å²) in [5, 5.41) is 3.41. The molecule has 3 nitrogen and oxygen atoms in total. The van der Waals surface area contributed by atoms with Gasteiger partial charge in [-0.1, -0.05) is 19.3 Å². The van der Waals surface area contributed by atoms with Crippen LogP contribution in [-0.2, 0) is 4.79 Å². The minimum atomic E-state index is 0.358. The van der Waals surface area contributed by atoms with E-state index in [0.29, 0.717) is 17.9 Å². The molecule has 0 aromatic carbocycles. The van der Waals surface area contributed by atoms with Crippen LogP contribution in [-0.4, -0.2) is 36.5 Å². The zero-order valence-corrected chi connectivity index (χ0v) is 9.95. The summed E-state index contributed by atoms with van der Waals surface area (Å²) < 4.78 is 0. The van der Waals surface area contributed by atoms with Gasteiger partial charge in [-0.2, -0.15) is 0 Å². The van der Waals surface area contributed by atoms with Crippen molar-refractivity contribution in [2.75, 3.05) is 19.6 Å². The van der Waals surface area contributed by atoms with Gasteiger partial charge in [0, 0.05) is 25.0 Å². The van der Waals surface area contributed by atoms with Crippen LogP contribution in [0.2, 0.25) is 0 Å². The Kier molecular flexibility index (Phi) is 2.88. The van der Waals surface area contributed by atoms with Gasteiger partial charge in [-0.25, -0.2) is 0 Å². The maximum absolute atomic E-state index is 12.3. The Morgan fingerprint density at radius 2 is 1.94 bits per heavy atom. The highest BCUT2D eigenvalue weighted by atomic mass is 16.2. The monoisotopic (exact) mass is 222 g/mol. The van der Waals surface area contributed by atoms with E-state index < -0.39 is 0 Å². The molecule has 3 aliphatic rings. The summed E-state index contributed by atoms with van der Waals surface area (Å²) in [6, 6.07) is 0.531. The fraction of sp³-hybridized carbons (Fsp3) is 0.923. The van der Waals surface area contributed by atoms with E-state index in [2.05, 4.69) is 10.2 Å². The quantitative estimate of drug-likeness (QED) is 0.727. The van der Waals surface area contributed by atoms with E-state index in [-0.39, 0.29) is 0 Å². The van der Waals surface area contributed by atoms with Gasteiger partial charge >= 0.3 is 0 Å². The fourth-order valence-electron chi connectivity index (χ4n) is 3.56. The smallest absolute Gasteiger partial charge is 0.225 e. The van der Waals surface area contributed by atoms with Crippen LogP contribution in [0.25, 0.3) is 0 Å². The van der Waals surface area contributed by atoms with Crippen molar-refractivity contribution in [2.24, 2.45) is 11.8 Å². The highest BCUT2D eigenvalue weighted by Gasteiger charge is 2.44. The van der Waals surface area contributed by atoms with Gasteiger partial charge in [-0.15, -0.1) is 0 Å². The van der Waals surface area contributed by atoms with Crippen molar-refractivity contribution in [3.8, 4) is 0 Å². The molecule has 0 bridgehead atoms. The van der Waals surface area contributed by atoms with Crippen molar-refractivity contribution in [2.45, 2.75) is 44.6 Å². The van der Waals surface area contributed by atoms with Crippen LogP contribution in [0, 0.1) is 11.8 Å². The molecular formula is C13H22N2O. The molecule has 0 radical (unpaired) electrons. The van der Waals surface area contributed by atoms with Crippen LogP contribution in [0.15, 0.2) is 0 Å². The number of hydrogen-bond acceptors (Lipinski definition) is 2. The summed E-state index contributed by atoms with van der Waals surface area (Å²) in [7, 11) is 0. The van der Waals surface area contributed by atoms with Crippen molar-refractivity contribution >= 4 is 5.91 Å². The number of piperidine rings is 1. The highest BCUT2D eigenvalue weighted by Crippen LogP contribution is 2.34. The van der Waals surface area contributed by atoms with Gasteiger partial charge in [0.15, 0.2) is 0 Å². The average Bonchev–Trinajstić information content (AvgIpc) is 2.32. The number of hydrogen-bond donors (Lipinski definition) is 1. The van der Waals surface area contributed by atoms with Crippen molar-refractivity contribution in [1.29, 1.82) is 0 Å². The number of nitrogens with one attached hydrogen (secondary N) is 1. The summed E-state index contributed by atoms with van der Waals surface area (Å²) >= 11 is 0. The molecule has 2 saturated heterocycles. The number of nitrogens with zero attached hydrogens (tertiary/aromatic N) is 1. The lowest BCUT2D eigenvalue weighted by atomic mass is 9.80. The van der Waals surface area contributed by atoms with Crippen molar-refractivity contribution in [3.05, 3.63) is 0 Å². The van der Waals surface area contributed by atoms with Crippen LogP contribution in [0.5, 0.6) is 0 Å². The molecule has 0 aromatic heterocycles. The standard InChI is InChI=1S/C13H22N2O/c16-13(10-4-2-1-3-5-10)15-9-11-6-7-14-8-12(11)15/h10-12,14H,1-9H2/t11-,12-/m0/s1. The second-order valence-corrected chi connectivity index (χ2v) is 5.65. The summed E-state index contributed by atoms with van der Waals surface area (Å²) in [5.41, 5.74) is 0. The molecule has 1 saturated carbocycles. The molecule has 1 aliphatic carbocycles. The first kappa shape index (κ1) is 10.6. The largest absolute Gasteiger partial charge is 0.337 e. The minimum Gasteiger partial charge on any atom is -0.337 e. The minimum absolute atomic E-state index is 0.358. The van der Waals surface area contributed by atoms with Gasteiger partial charge in [0.2, 0.25) is 5.91 Å². The van der Waals surface area contributed by atoms with Gasteiger partial charge in [-0.05, 0) is 31.7 Å². The Morgan fingerprint density at radius 3 is 2.69 bits per heavy atom. The van der Waals surface area contributed by atoms with Crippen LogP contribution in [0.3, 0.4) is 0 Å². The van der Waals surface area contributed by atoms with Crippen LogP contribution in [0.4, 0.5) is 0 Å². The first-order chi connectivity index (χ1) is 7.86. The predicted octanol–water partition coefficient (Wildman–Crippen LogP) is 1.39. The molecule has 3 rings (SSSR count). The molecule has 3 heteroatoms. The number of rotatable bonds is 1. The molecule has 90 valence electrons. The molecule has 0 spiro atoms. The third-order valence-electron chi connectivity index (χ3n) is 4.66. The molecule has 2 atom stereocenters. The number of fused-ring (bicyclic) bond motifs is 1. The summed E-state index contributed by atoms with van der Waals surface area (Å²) in [6.45, 7) is 3.22. The fourth-order valence-corrected chi connectivity index (χ4v) is 3.56. The molecule has 1 N–H and O–H groups in total. The first-order valence-electron chi connectivity index (χ1n) is 6.87. The van der Waals surface area contributed by atoms with Crippen molar-refractivity contribution in [3.63, 3.8) is 0 Å². The third-order valence-corrected chi connectivity index (χ3v) is 4.66. The Bertz CT molecular complexity index is 273. The maximum atomic E-state index is 12.3. The van der Waals surface area contributed by atoms with E-state index in [9.17, 15) is 4.79 Å². The van der Waals surface area contributed by atoms with E-state index in [0.717, 1.165) is 38.4 Å². The van der Waals surface area contributed by atoms with Crippen molar-refractivity contribution < 1.29 is 4.79 Å². The van der Waals surface area contributed by atoms with E-state index in [1.165, 1.54) is 25.7 Å². The molecule has 2 heterocycles. The zero-order chi connectivity index (χ0) is 11.0. The molecule has 0 aromatic rings. The summed E-state index contributed by atoms with van der Waals surface area (Å²) in [6.07, 6.45) is 7.39. The molecule has 16 heavy (non-hydrogen) atoms. The number of carbonyl (C=O) groups is 1. The van der Waals surface area contributed by atoms with Crippen LogP contribution < -0.4 is 5.32 Å². The molecular weight excluding hydrogens is 200 g/mol. The van der Waals surface area contributed by atoms with Gasteiger partial charge in [0.25, 0.3) is 0 Å².